The highest BCUT2D eigenvalue weighted by molar-refractivity contribution is 7.99. The lowest BCUT2D eigenvalue weighted by atomic mass is 10.1. The Bertz CT molecular complexity index is 321. The zero-order chi connectivity index (χ0) is 11.2. The van der Waals surface area contributed by atoms with Crippen LogP contribution in [0, 0.1) is 0 Å². The molecule has 1 N–H and O–H groups in total. The first-order valence-electron chi connectivity index (χ1n) is 5.95. The summed E-state index contributed by atoms with van der Waals surface area (Å²) in [6.45, 7) is 2.20. The molecule has 1 aromatic rings. The van der Waals surface area contributed by atoms with Crippen LogP contribution in [0.15, 0.2) is 29.2 Å². The molecule has 1 fully saturated rings. The van der Waals surface area contributed by atoms with Gasteiger partial charge in [0.2, 0.25) is 0 Å². The number of anilines is 1. The van der Waals surface area contributed by atoms with Crippen molar-refractivity contribution in [2.75, 3.05) is 22.6 Å². The van der Waals surface area contributed by atoms with E-state index in [4.69, 9.17) is 0 Å². The predicted molar refractivity (Wildman–Crippen MR) is 76.8 cm³/mol. The molecule has 16 heavy (non-hydrogen) atoms. The third kappa shape index (κ3) is 3.63. The van der Waals surface area contributed by atoms with E-state index in [0.29, 0.717) is 6.04 Å². The van der Waals surface area contributed by atoms with E-state index in [1.54, 1.807) is 0 Å². The fourth-order valence-corrected chi connectivity index (χ4v) is 3.74. The molecule has 1 nitrogen and oxygen atoms in total. The Balaban J connectivity index is 1.94. The lowest BCUT2D eigenvalue weighted by Crippen LogP contribution is -2.24. The zero-order valence-corrected chi connectivity index (χ0v) is 11.4. The topological polar surface area (TPSA) is 12.0 Å². The number of benzene rings is 1. The van der Waals surface area contributed by atoms with Crippen LogP contribution in [0.5, 0.6) is 0 Å². The van der Waals surface area contributed by atoms with E-state index in [-0.39, 0.29) is 0 Å². The molecule has 0 saturated carbocycles. The average molecular weight is 253 g/mol. The summed E-state index contributed by atoms with van der Waals surface area (Å²) in [7, 11) is 0. The molecule has 0 aromatic heterocycles. The van der Waals surface area contributed by atoms with Crippen molar-refractivity contribution in [3.63, 3.8) is 0 Å². The number of hydrogen-bond acceptors (Lipinski definition) is 3. The van der Waals surface area contributed by atoms with Crippen molar-refractivity contribution >= 4 is 29.2 Å². The van der Waals surface area contributed by atoms with Crippen LogP contribution in [0.1, 0.15) is 19.8 Å². The van der Waals surface area contributed by atoms with Gasteiger partial charge >= 0.3 is 0 Å². The van der Waals surface area contributed by atoms with E-state index in [9.17, 15) is 0 Å². The van der Waals surface area contributed by atoms with Gasteiger partial charge in [-0.25, -0.2) is 0 Å². The van der Waals surface area contributed by atoms with Gasteiger partial charge in [-0.1, -0.05) is 13.0 Å². The van der Waals surface area contributed by atoms with Crippen LogP contribution >= 0.6 is 23.5 Å². The van der Waals surface area contributed by atoms with Crippen LogP contribution < -0.4 is 5.32 Å². The molecule has 2 rings (SSSR count). The van der Waals surface area contributed by atoms with Crippen molar-refractivity contribution in [3.05, 3.63) is 24.3 Å². The first-order valence-corrected chi connectivity index (χ1v) is 8.09. The number of thioether (sulfide) groups is 2. The highest BCUT2D eigenvalue weighted by atomic mass is 32.2. The Morgan fingerprint density at radius 1 is 1.38 bits per heavy atom. The third-order valence-corrected chi connectivity index (χ3v) is 4.66. The molecule has 88 valence electrons. The standard InChI is InChI=1S/C13H19NS2/c1-2-16-13-5-3-4-12(10-13)14-11-6-8-15-9-7-11/h3-5,10-11,14H,2,6-9H2,1H3. The minimum Gasteiger partial charge on any atom is -0.382 e. The van der Waals surface area contributed by atoms with E-state index in [2.05, 4.69) is 48.3 Å². The summed E-state index contributed by atoms with van der Waals surface area (Å²) in [5.41, 5.74) is 1.29. The van der Waals surface area contributed by atoms with Crippen LogP contribution in [0.25, 0.3) is 0 Å². The summed E-state index contributed by atoms with van der Waals surface area (Å²) in [6, 6.07) is 9.48. The molecule has 1 heterocycles. The van der Waals surface area contributed by atoms with Gasteiger partial charge in [0.1, 0.15) is 0 Å². The first-order chi connectivity index (χ1) is 7.88. The van der Waals surface area contributed by atoms with Gasteiger partial charge in [-0.05, 0) is 48.3 Å². The minimum absolute atomic E-state index is 0.683. The van der Waals surface area contributed by atoms with Crippen molar-refractivity contribution in [3.8, 4) is 0 Å². The quantitative estimate of drug-likeness (QED) is 0.811. The molecule has 0 radical (unpaired) electrons. The van der Waals surface area contributed by atoms with E-state index >= 15 is 0 Å². The molecular formula is C13H19NS2. The summed E-state index contributed by atoms with van der Waals surface area (Å²) in [5, 5.41) is 3.65. The molecule has 3 heteroatoms. The fourth-order valence-electron chi connectivity index (χ4n) is 1.92. The SMILES string of the molecule is CCSc1cccc(NC2CCSCC2)c1. The maximum absolute atomic E-state index is 3.65. The maximum atomic E-state index is 3.65. The summed E-state index contributed by atoms with van der Waals surface area (Å²) in [6.07, 6.45) is 2.60. The van der Waals surface area contributed by atoms with E-state index in [0.717, 1.165) is 5.75 Å². The Hall–Kier alpha value is -0.280. The Labute approximate surface area is 107 Å². The van der Waals surface area contributed by atoms with Gasteiger partial charge in [0.05, 0.1) is 0 Å². The molecule has 0 atom stereocenters. The van der Waals surface area contributed by atoms with Crippen molar-refractivity contribution in [1.29, 1.82) is 0 Å². The van der Waals surface area contributed by atoms with Crippen molar-refractivity contribution in [1.82, 2.24) is 0 Å². The summed E-state index contributed by atoms with van der Waals surface area (Å²) in [5.74, 6) is 3.76. The van der Waals surface area contributed by atoms with Gasteiger partial charge in [-0.3, -0.25) is 0 Å². The van der Waals surface area contributed by atoms with Crippen LogP contribution in [-0.2, 0) is 0 Å². The van der Waals surface area contributed by atoms with Crippen molar-refractivity contribution in [2.24, 2.45) is 0 Å². The molecule has 0 unspecified atom stereocenters. The lowest BCUT2D eigenvalue weighted by Gasteiger charge is -2.23. The normalized spacial score (nSPS) is 17.3. The van der Waals surface area contributed by atoms with Crippen LogP contribution in [-0.4, -0.2) is 23.3 Å². The van der Waals surface area contributed by atoms with Gasteiger partial charge in [-0.2, -0.15) is 11.8 Å². The summed E-state index contributed by atoms with van der Waals surface area (Å²) < 4.78 is 0. The van der Waals surface area contributed by atoms with Gasteiger partial charge in [0.15, 0.2) is 0 Å². The van der Waals surface area contributed by atoms with Gasteiger partial charge in [-0.15, -0.1) is 11.8 Å². The molecule has 0 aliphatic carbocycles. The lowest BCUT2D eigenvalue weighted by molar-refractivity contribution is 0.666. The smallest absolute Gasteiger partial charge is 0.0353 e. The van der Waals surface area contributed by atoms with E-state index < -0.39 is 0 Å². The molecule has 0 bridgehead atoms. The molecule has 1 aliphatic rings. The highest BCUT2D eigenvalue weighted by Crippen LogP contribution is 2.24. The second-order valence-corrected chi connectivity index (χ2v) is 6.55. The first kappa shape index (κ1) is 12.2. The Morgan fingerprint density at radius 3 is 2.94 bits per heavy atom. The van der Waals surface area contributed by atoms with Crippen molar-refractivity contribution in [2.45, 2.75) is 30.7 Å². The second-order valence-electron chi connectivity index (χ2n) is 3.99. The Kier molecular flexibility index (Phi) is 4.91. The van der Waals surface area contributed by atoms with Gasteiger partial charge < -0.3 is 5.32 Å². The second kappa shape index (κ2) is 6.45. The largest absolute Gasteiger partial charge is 0.382 e. The van der Waals surface area contributed by atoms with Crippen LogP contribution in [0.2, 0.25) is 0 Å². The zero-order valence-electron chi connectivity index (χ0n) is 9.74. The molecule has 1 aromatic carbocycles. The predicted octanol–water partition coefficient (Wildman–Crippen LogP) is 4.11. The summed E-state index contributed by atoms with van der Waals surface area (Å²) in [4.78, 5) is 1.37. The molecule has 1 aliphatic heterocycles. The molecule has 0 spiro atoms. The van der Waals surface area contributed by atoms with Gasteiger partial charge in [0, 0.05) is 16.6 Å². The average Bonchev–Trinajstić information content (AvgIpc) is 2.31. The molecular weight excluding hydrogens is 234 g/mol. The number of nitrogens with one attached hydrogen (secondary N) is 1. The van der Waals surface area contributed by atoms with Crippen LogP contribution in [0.3, 0.4) is 0 Å². The third-order valence-electron chi connectivity index (χ3n) is 2.74. The molecule has 0 amide bonds. The van der Waals surface area contributed by atoms with E-state index in [1.165, 1.54) is 34.9 Å². The fraction of sp³-hybridized carbons (Fsp3) is 0.538. The maximum Gasteiger partial charge on any atom is 0.0353 e. The van der Waals surface area contributed by atoms with E-state index in [1.807, 2.05) is 11.8 Å². The van der Waals surface area contributed by atoms with Gasteiger partial charge in [0.25, 0.3) is 0 Å². The monoisotopic (exact) mass is 253 g/mol. The van der Waals surface area contributed by atoms with Crippen molar-refractivity contribution < 1.29 is 0 Å². The minimum atomic E-state index is 0.683. The number of rotatable bonds is 4. The summed E-state index contributed by atoms with van der Waals surface area (Å²) >= 11 is 3.98. The Morgan fingerprint density at radius 2 is 2.19 bits per heavy atom. The van der Waals surface area contributed by atoms with Crippen LogP contribution in [0.4, 0.5) is 5.69 Å². The number of hydrogen-bond donors (Lipinski definition) is 1. The molecule has 1 saturated heterocycles. The highest BCUT2D eigenvalue weighted by Gasteiger charge is 2.12.